The molecular weight excluding hydrogens is 380 g/mol. The van der Waals surface area contributed by atoms with E-state index in [1.54, 1.807) is 6.07 Å². The molecular formula is C23H32N4O3. The first-order valence-corrected chi connectivity index (χ1v) is 10.8. The molecule has 3 rings (SSSR count). The SMILES string of the molecule is CCOC(CNC(=O)c1ccc(N2CCC(Cc3ccccc3)CC2)nn1)OCC. The predicted octanol–water partition coefficient (Wildman–Crippen LogP) is 3.06. The first-order valence-electron chi connectivity index (χ1n) is 10.8. The van der Waals surface area contributed by atoms with Gasteiger partial charge in [0.25, 0.3) is 5.91 Å². The molecule has 0 saturated carbocycles. The zero-order valence-corrected chi connectivity index (χ0v) is 17.9. The molecule has 162 valence electrons. The van der Waals surface area contributed by atoms with Gasteiger partial charge in [0, 0.05) is 26.3 Å². The number of amides is 1. The van der Waals surface area contributed by atoms with E-state index in [0.29, 0.717) is 24.8 Å². The molecule has 0 atom stereocenters. The Morgan fingerprint density at radius 2 is 1.77 bits per heavy atom. The third-order valence-corrected chi connectivity index (χ3v) is 5.32. The van der Waals surface area contributed by atoms with Crippen molar-refractivity contribution < 1.29 is 14.3 Å². The van der Waals surface area contributed by atoms with Crippen molar-refractivity contribution in [3.8, 4) is 0 Å². The molecule has 1 N–H and O–H groups in total. The number of carbonyl (C=O) groups is 1. The van der Waals surface area contributed by atoms with Crippen LogP contribution >= 0.6 is 0 Å². The Hall–Kier alpha value is -2.51. The Kier molecular flexibility index (Phi) is 8.59. The van der Waals surface area contributed by atoms with Gasteiger partial charge in [0.05, 0.1) is 6.54 Å². The number of aromatic nitrogens is 2. The molecule has 30 heavy (non-hydrogen) atoms. The van der Waals surface area contributed by atoms with Crippen LogP contribution in [-0.2, 0) is 15.9 Å². The maximum absolute atomic E-state index is 12.3. The first-order chi connectivity index (χ1) is 14.7. The third-order valence-electron chi connectivity index (χ3n) is 5.32. The predicted molar refractivity (Wildman–Crippen MR) is 116 cm³/mol. The largest absolute Gasteiger partial charge is 0.355 e. The maximum atomic E-state index is 12.3. The fourth-order valence-corrected chi connectivity index (χ4v) is 3.73. The third kappa shape index (κ3) is 6.50. The van der Waals surface area contributed by atoms with Gasteiger partial charge in [-0.2, -0.15) is 0 Å². The lowest BCUT2D eigenvalue weighted by Crippen LogP contribution is -2.36. The molecule has 1 amide bonds. The zero-order valence-electron chi connectivity index (χ0n) is 17.9. The molecule has 2 aromatic rings. The second-order valence-electron chi connectivity index (χ2n) is 7.45. The molecule has 2 heterocycles. The topological polar surface area (TPSA) is 76.6 Å². The average Bonchev–Trinajstić information content (AvgIpc) is 2.79. The van der Waals surface area contributed by atoms with Gasteiger partial charge in [0.2, 0.25) is 0 Å². The molecule has 1 saturated heterocycles. The number of ether oxygens (including phenoxy) is 2. The molecule has 1 aromatic carbocycles. The summed E-state index contributed by atoms with van der Waals surface area (Å²) < 4.78 is 10.9. The van der Waals surface area contributed by atoms with E-state index in [1.807, 2.05) is 19.9 Å². The van der Waals surface area contributed by atoms with E-state index in [9.17, 15) is 4.79 Å². The number of nitrogens with zero attached hydrogens (tertiary/aromatic N) is 3. The van der Waals surface area contributed by atoms with Gasteiger partial charge in [-0.05, 0) is 56.7 Å². The molecule has 7 heteroatoms. The number of hydrogen-bond donors (Lipinski definition) is 1. The van der Waals surface area contributed by atoms with Crippen LogP contribution in [0.3, 0.4) is 0 Å². The number of nitrogens with one attached hydrogen (secondary N) is 1. The van der Waals surface area contributed by atoms with Gasteiger partial charge in [0.15, 0.2) is 17.8 Å². The summed E-state index contributed by atoms with van der Waals surface area (Å²) >= 11 is 0. The lowest BCUT2D eigenvalue weighted by Gasteiger charge is -2.32. The molecule has 1 fully saturated rings. The van der Waals surface area contributed by atoms with Crippen LogP contribution in [0.1, 0.15) is 42.7 Å². The minimum Gasteiger partial charge on any atom is -0.355 e. The summed E-state index contributed by atoms with van der Waals surface area (Å²) in [6.45, 7) is 7.03. The van der Waals surface area contributed by atoms with E-state index in [-0.39, 0.29) is 12.5 Å². The van der Waals surface area contributed by atoms with Crippen LogP contribution < -0.4 is 10.2 Å². The van der Waals surface area contributed by atoms with Gasteiger partial charge in [-0.3, -0.25) is 4.79 Å². The summed E-state index contributed by atoms with van der Waals surface area (Å²) in [7, 11) is 0. The van der Waals surface area contributed by atoms with E-state index in [4.69, 9.17) is 9.47 Å². The van der Waals surface area contributed by atoms with E-state index in [1.165, 1.54) is 5.56 Å². The molecule has 1 aliphatic heterocycles. The van der Waals surface area contributed by atoms with Gasteiger partial charge in [-0.25, -0.2) is 0 Å². The summed E-state index contributed by atoms with van der Waals surface area (Å²) in [6.07, 6.45) is 2.95. The van der Waals surface area contributed by atoms with Crippen LogP contribution in [0.2, 0.25) is 0 Å². The smallest absolute Gasteiger partial charge is 0.271 e. The second kappa shape index (κ2) is 11.6. The first kappa shape index (κ1) is 22.2. The standard InChI is InChI=1S/C23H32N4O3/c1-3-29-22(30-4-2)17-24-23(28)20-10-11-21(26-25-20)27-14-12-19(13-15-27)16-18-8-6-5-7-9-18/h5-11,19,22H,3-4,12-17H2,1-2H3,(H,24,28). The molecule has 0 unspecified atom stereocenters. The van der Waals surface area contributed by atoms with Gasteiger partial charge in [-0.15, -0.1) is 10.2 Å². The molecule has 0 bridgehead atoms. The lowest BCUT2D eigenvalue weighted by atomic mass is 9.90. The molecule has 0 spiro atoms. The second-order valence-corrected chi connectivity index (χ2v) is 7.45. The van der Waals surface area contributed by atoms with Crippen LogP contribution in [0.4, 0.5) is 5.82 Å². The van der Waals surface area contributed by atoms with Crippen molar-refractivity contribution in [1.82, 2.24) is 15.5 Å². The molecule has 0 radical (unpaired) electrons. The van der Waals surface area contributed by atoms with Crippen molar-refractivity contribution >= 4 is 11.7 Å². The van der Waals surface area contributed by atoms with Crippen molar-refractivity contribution in [2.75, 3.05) is 37.7 Å². The zero-order chi connectivity index (χ0) is 21.2. The average molecular weight is 413 g/mol. The van der Waals surface area contributed by atoms with Crippen LogP contribution in [0.15, 0.2) is 42.5 Å². The van der Waals surface area contributed by atoms with Gasteiger partial charge >= 0.3 is 0 Å². The number of rotatable bonds is 10. The van der Waals surface area contributed by atoms with Gasteiger partial charge < -0.3 is 19.7 Å². The summed E-state index contributed by atoms with van der Waals surface area (Å²) in [5, 5.41) is 11.2. The van der Waals surface area contributed by atoms with Crippen molar-refractivity contribution in [2.24, 2.45) is 5.92 Å². The highest BCUT2D eigenvalue weighted by molar-refractivity contribution is 5.92. The van der Waals surface area contributed by atoms with Crippen molar-refractivity contribution in [3.05, 3.63) is 53.7 Å². The van der Waals surface area contributed by atoms with Crippen LogP contribution in [0, 0.1) is 5.92 Å². The van der Waals surface area contributed by atoms with E-state index in [0.717, 1.165) is 38.2 Å². The number of anilines is 1. The minimum atomic E-state index is -0.451. The monoisotopic (exact) mass is 412 g/mol. The summed E-state index contributed by atoms with van der Waals surface area (Å²) in [5.74, 6) is 1.25. The quantitative estimate of drug-likeness (QED) is 0.605. The Labute approximate surface area is 178 Å². The highest BCUT2D eigenvalue weighted by Crippen LogP contribution is 2.24. The Balaban J connectivity index is 1.46. The van der Waals surface area contributed by atoms with E-state index >= 15 is 0 Å². The minimum absolute atomic E-state index is 0.277. The van der Waals surface area contributed by atoms with Crippen molar-refractivity contribution in [1.29, 1.82) is 0 Å². The van der Waals surface area contributed by atoms with Crippen LogP contribution in [-0.4, -0.2) is 55.2 Å². The summed E-state index contributed by atoms with van der Waals surface area (Å²) in [6, 6.07) is 14.3. The fraction of sp³-hybridized carbons (Fsp3) is 0.522. The Morgan fingerprint density at radius 1 is 1.07 bits per heavy atom. The number of carbonyl (C=O) groups excluding carboxylic acids is 1. The highest BCUT2D eigenvalue weighted by Gasteiger charge is 2.21. The molecule has 1 aliphatic rings. The summed E-state index contributed by atoms with van der Waals surface area (Å²) in [4.78, 5) is 14.6. The van der Waals surface area contributed by atoms with E-state index in [2.05, 4.69) is 50.7 Å². The van der Waals surface area contributed by atoms with Gasteiger partial charge in [-0.1, -0.05) is 30.3 Å². The highest BCUT2D eigenvalue weighted by atomic mass is 16.7. The Bertz CT molecular complexity index is 756. The number of hydrogen-bond acceptors (Lipinski definition) is 6. The molecule has 0 aliphatic carbocycles. The number of piperidine rings is 1. The van der Waals surface area contributed by atoms with Crippen LogP contribution in [0.25, 0.3) is 0 Å². The van der Waals surface area contributed by atoms with E-state index < -0.39 is 6.29 Å². The van der Waals surface area contributed by atoms with Crippen molar-refractivity contribution in [3.63, 3.8) is 0 Å². The van der Waals surface area contributed by atoms with Gasteiger partial charge in [0.1, 0.15) is 0 Å². The maximum Gasteiger partial charge on any atom is 0.271 e. The lowest BCUT2D eigenvalue weighted by molar-refractivity contribution is -0.131. The Morgan fingerprint density at radius 3 is 2.37 bits per heavy atom. The normalized spacial score (nSPS) is 14.8. The molecule has 7 nitrogen and oxygen atoms in total. The molecule has 1 aromatic heterocycles. The van der Waals surface area contributed by atoms with Crippen molar-refractivity contribution in [2.45, 2.75) is 39.4 Å². The number of benzene rings is 1. The van der Waals surface area contributed by atoms with Crippen LogP contribution in [0.5, 0.6) is 0 Å². The summed E-state index contributed by atoms with van der Waals surface area (Å²) in [5.41, 5.74) is 1.70. The fourth-order valence-electron chi connectivity index (χ4n) is 3.73.